The number of nitrogens with zero attached hydrogens (tertiary/aromatic N) is 1. The number of hydrogen-bond acceptors (Lipinski definition) is 4. The summed E-state index contributed by atoms with van der Waals surface area (Å²) in [5.74, 6) is -0.0562. The first-order valence-corrected chi connectivity index (χ1v) is 10.0. The molecule has 0 aliphatic heterocycles. The highest BCUT2D eigenvalue weighted by atomic mass is 127. The van der Waals surface area contributed by atoms with Crippen LogP contribution < -0.4 is 10.1 Å². The molecule has 6 nitrogen and oxygen atoms in total. The van der Waals surface area contributed by atoms with Crippen LogP contribution in [0.1, 0.15) is 17.3 Å². The smallest absolute Gasteiger partial charge is 0.255 e. The van der Waals surface area contributed by atoms with Gasteiger partial charge in [-0.3, -0.25) is 4.79 Å². The molecule has 0 aliphatic carbocycles. The van der Waals surface area contributed by atoms with Crippen LogP contribution >= 0.6 is 22.6 Å². The topological polar surface area (TPSA) is 75.7 Å². The van der Waals surface area contributed by atoms with Crippen molar-refractivity contribution in [3.05, 3.63) is 51.6 Å². The molecule has 0 saturated heterocycles. The zero-order valence-electron chi connectivity index (χ0n) is 14.1. The predicted octanol–water partition coefficient (Wildman–Crippen LogP) is 3.19. The number of rotatable bonds is 6. The number of amides is 1. The van der Waals surface area contributed by atoms with Crippen LogP contribution in [0, 0.1) is 3.57 Å². The molecule has 2 rings (SSSR count). The van der Waals surface area contributed by atoms with Gasteiger partial charge in [-0.05, 0) is 65.9 Å². The van der Waals surface area contributed by atoms with Crippen LogP contribution in [0.2, 0.25) is 0 Å². The van der Waals surface area contributed by atoms with Crippen LogP contribution in [-0.4, -0.2) is 39.3 Å². The van der Waals surface area contributed by atoms with E-state index < -0.39 is 10.0 Å². The molecule has 0 aliphatic rings. The molecular formula is C17H19IN2O4S. The van der Waals surface area contributed by atoms with Crippen LogP contribution in [0.3, 0.4) is 0 Å². The van der Waals surface area contributed by atoms with Gasteiger partial charge in [0.1, 0.15) is 10.6 Å². The summed E-state index contributed by atoms with van der Waals surface area (Å²) in [7, 11) is -0.810. The third kappa shape index (κ3) is 4.71. The second kappa shape index (κ2) is 8.15. The average molecular weight is 474 g/mol. The Balaban J connectivity index is 2.38. The zero-order valence-corrected chi connectivity index (χ0v) is 17.1. The van der Waals surface area contributed by atoms with Gasteiger partial charge in [0.2, 0.25) is 10.0 Å². The van der Waals surface area contributed by atoms with Crippen molar-refractivity contribution >= 4 is 44.2 Å². The van der Waals surface area contributed by atoms with E-state index in [2.05, 4.69) is 27.9 Å². The van der Waals surface area contributed by atoms with Crippen molar-refractivity contribution in [2.24, 2.45) is 0 Å². The normalized spacial score (nSPS) is 11.4. The van der Waals surface area contributed by atoms with Gasteiger partial charge in [0.25, 0.3) is 5.91 Å². The van der Waals surface area contributed by atoms with Crippen molar-refractivity contribution in [1.82, 2.24) is 4.31 Å². The number of benzene rings is 2. The minimum absolute atomic E-state index is 0.0137. The van der Waals surface area contributed by atoms with Gasteiger partial charge in [-0.25, -0.2) is 12.7 Å². The molecule has 0 radical (unpaired) electrons. The van der Waals surface area contributed by atoms with E-state index >= 15 is 0 Å². The minimum atomic E-state index is -3.70. The van der Waals surface area contributed by atoms with E-state index in [-0.39, 0.29) is 16.6 Å². The van der Waals surface area contributed by atoms with Gasteiger partial charge in [0.05, 0.1) is 6.61 Å². The van der Waals surface area contributed by atoms with Gasteiger partial charge in [-0.2, -0.15) is 0 Å². The Kier molecular flexibility index (Phi) is 6.42. The Hall–Kier alpha value is -1.65. The van der Waals surface area contributed by atoms with Gasteiger partial charge in [0.15, 0.2) is 0 Å². The van der Waals surface area contributed by atoms with Gasteiger partial charge in [0, 0.05) is 28.9 Å². The Bertz CT molecular complexity index is 882. The maximum atomic E-state index is 12.5. The Morgan fingerprint density at radius 2 is 1.92 bits per heavy atom. The minimum Gasteiger partial charge on any atom is -0.492 e. The molecule has 134 valence electrons. The van der Waals surface area contributed by atoms with E-state index in [0.717, 1.165) is 7.88 Å². The van der Waals surface area contributed by atoms with Crippen molar-refractivity contribution in [2.75, 3.05) is 26.0 Å². The molecule has 0 aromatic heterocycles. The first-order valence-electron chi connectivity index (χ1n) is 7.52. The molecule has 2 aromatic rings. The van der Waals surface area contributed by atoms with E-state index in [1.807, 2.05) is 6.07 Å². The lowest BCUT2D eigenvalue weighted by molar-refractivity contribution is 0.102. The number of carbonyl (C=O) groups excluding carboxylic acids is 1. The van der Waals surface area contributed by atoms with E-state index in [9.17, 15) is 13.2 Å². The summed E-state index contributed by atoms with van der Waals surface area (Å²) in [6.45, 7) is 2.11. The second-order valence-electron chi connectivity index (χ2n) is 5.35. The maximum Gasteiger partial charge on any atom is 0.255 e. The molecule has 1 N–H and O–H groups in total. The van der Waals surface area contributed by atoms with Crippen molar-refractivity contribution in [1.29, 1.82) is 0 Å². The lowest BCUT2D eigenvalue weighted by Gasteiger charge is -2.16. The standard InChI is InChI=1S/C17H19IN2O4S/c1-4-24-15-9-8-14(11-16(15)25(22,23)20(2)3)19-17(21)12-6-5-7-13(18)10-12/h5-11H,4H2,1-3H3,(H,19,21). The fraction of sp³-hybridized carbons (Fsp3) is 0.235. The number of nitrogens with one attached hydrogen (secondary N) is 1. The number of carbonyl (C=O) groups is 1. The lowest BCUT2D eigenvalue weighted by Crippen LogP contribution is -2.23. The molecule has 1 amide bonds. The molecule has 25 heavy (non-hydrogen) atoms. The molecule has 0 heterocycles. The highest BCUT2D eigenvalue weighted by molar-refractivity contribution is 14.1. The van der Waals surface area contributed by atoms with E-state index in [1.165, 1.54) is 20.2 Å². The summed E-state index contributed by atoms with van der Waals surface area (Å²) in [6, 6.07) is 11.7. The SMILES string of the molecule is CCOc1ccc(NC(=O)c2cccc(I)c2)cc1S(=O)(=O)N(C)C. The van der Waals surface area contributed by atoms with Crippen LogP contribution in [-0.2, 0) is 10.0 Å². The third-order valence-corrected chi connectivity index (χ3v) is 5.85. The number of hydrogen-bond donors (Lipinski definition) is 1. The van der Waals surface area contributed by atoms with Crippen LogP contribution in [0.4, 0.5) is 5.69 Å². The largest absolute Gasteiger partial charge is 0.492 e. The van der Waals surface area contributed by atoms with Gasteiger partial charge in [-0.1, -0.05) is 6.07 Å². The molecule has 2 aromatic carbocycles. The van der Waals surface area contributed by atoms with E-state index in [0.29, 0.717) is 17.9 Å². The highest BCUT2D eigenvalue weighted by Crippen LogP contribution is 2.29. The van der Waals surface area contributed by atoms with Crippen molar-refractivity contribution in [3.8, 4) is 5.75 Å². The average Bonchev–Trinajstić information content (AvgIpc) is 2.56. The van der Waals surface area contributed by atoms with Crippen LogP contribution in [0.5, 0.6) is 5.75 Å². The molecule has 0 bridgehead atoms. The second-order valence-corrected chi connectivity index (χ2v) is 8.71. The maximum absolute atomic E-state index is 12.5. The summed E-state index contributed by atoms with van der Waals surface area (Å²) >= 11 is 2.12. The fourth-order valence-electron chi connectivity index (χ4n) is 2.09. The summed E-state index contributed by atoms with van der Waals surface area (Å²) in [4.78, 5) is 12.4. The summed E-state index contributed by atoms with van der Waals surface area (Å²) < 4.78 is 32.5. The summed E-state index contributed by atoms with van der Waals surface area (Å²) in [5, 5.41) is 2.73. The monoisotopic (exact) mass is 474 g/mol. The molecule has 0 fully saturated rings. The molecule has 8 heteroatoms. The van der Waals surface area contributed by atoms with Crippen molar-refractivity contribution in [2.45, 2.75) is 11.8 Å². The van der Waals surface area contributed by atoms with Crippen LogP contribution in [0.25, 0.3) is 0 Å². The number of sulfonamides is 1. The van der Waals surface area contributed by atoms with E-state index in [1.54, 1.807) is 37.3 Å². The quantitative estimate of drug-likeness (QED) is 0.653. The number of anilines is 1. The molecule has 0 spiro atoms. The molecule has 0 unspecified atom stereocenters. The van der Waals surface area contributed by atoms with E-state index in [4.69, 9.17) is 4.74 Å². The predicted molar refractivity (Wildman–Crippen MR) is 106 cm³/mol. The van der Waals surface area contributed by atoms with Gasteiger partial charge >= 0.3 is 0 Å². The molecule has 0 atom stereocenters. The highest BCUT2D eigenvalue weighted by Gasteiger charge is 2.23. The summed E-state index contributed by atoms with van der Waals surface area (Å²) in [5.41, 5.74) is 0.880. The Labute approximate surface area is 161 Å². The number of ether oxygens (including phenoxy) is 1. The van der Waals surface area contributed by atoms with Gasteiger partial charge < -0.3 is 10.1 Å². The lowest BCUT2D eigenvalue weighted by atomic mass is 10.2. The first-order chi connectivity index (χ1) is 11.8. The van der Waals surface area contributed by atoms with Crippen molar-refractivity contribution < 1.29 is 17.9 Å². The van der Waals surface area contributed by atoms with Crippen LogP contribution in [0.15, 0.2) is 47.4 Å². The number of halogens is 1. The van der Waals surface area contributed by atoms with Crippen molar-refractivity contribution in [3.63, 3.8) is 0 Å². The Morgan fingerprint density at radius 1 is 1.20 bits per heavy atom. The zero-order chi connectivity index (χ0) is 18.6. The van der Waals surface area contributed by atoms with Gasteiger partial charge in [-0.15, -0.1) is 0 Å². The third-order valence-electron chi connectivity index (χ3n) is 3.35. The Morgan fingerprint density at radius 3 is 2.52 bits per heavy atom. The summed E-state index contributed by atoms with van der Waals surface area (Å²) in [6.07, 6.45) is 0. The molecular weight excluding hydrogens is 455 g/mol. The molecule has 0 saturated carbocycles. The first kappa shape index (κ1) is 19.7. The fourth-order valence-corrected chi connectivity index (χ4v) is 3.69.